The number of aromatic nitrogens is 1. The molecule has 1 aromatic rings. The average Bonchev–Trinajstić information content (AvgIpc) is 2.14. The van der Waals surface area contributed by atoms with Crippen LogP contribution >= 0.6 is 0 Å². The van der Waals surface area contributed by atoms with Crippen LogP contribution in [-0.2, 0) is 10.0 Å². The molecule has 0 aliphatic heterocycles. The Bertz CT molecular complexity index is 451. The van der Waals surface area contributed by atoms with Crippen molar-refractivity contribution in [2.24, 2.45) is 0 Å². The molecule has 0 saturated heterocycles. The summed E-state index contributed by atoms with van der Waals surface area (Å²) in [6, 6.07) is 3.62. The zero-order valence-electron chi connectivity index (χ0n) is 10.4. The molecule has 0 saturated carbocycles. The molecule has 0 spiro atoms. The van der Waals surface area contributed by atoms with Crippen LogP contribution in [0.1, 0.15) is 18.2 Å². The van der Waals surface area contributed by atoms with Gasteiger partial charge in [-0.05, 0) is 38.1 Å². The summed E-state index contributed by atoms with van der Waals surface area (Å²) >= 11 is 0. The van der Waals surface area contributed by atoms with Crippen molar-refractivity contribution in [3.05, 3.63) is 23.4 Å². The quantitative estimate of drug-likeness (QED) is 0.747. The van der Waals surface area contributed by atoms with E-state index in [1.807, 2.05) is 26.8 Å². The highest BCUT2D eigenvalue weighted by Gasteiger charge is 2.10. The summed E-state index contributed by atoms with van der Waals surface area (Å²) < 4.78 is 25.9. The van der Waals surface area contributed by atoms with Crippen LogP contribution in [0.5, 0.6) is 0 Å². The van der Waals surface area contributed by atoms with Crippen LogP contribution in [0.4, 0.5) is 5.82 Å². The first kappa shape index (κ1) is 13.9. The van der Waals surface area contributed by atoms with Crippen molar-refractivity contribution in [3.8, 4) is 0 Å². The molecule has 96 valence electrons. The van der Waals surface area contributed by atoms with E-state index in [1.54, 1.807) is 6.07 Å². The molecule has 6 heteroatoms. The molecule has 1 aromatic heterocycles. The summed E-state index contributed by atoms with van der Waals surface area (Å²) in [5.74, 6) is 0.439. The molecular formula is C11H19N3O2S. The van der Waals surface area contributed by atoms with Crippen LogP contribution < -0.4 is 10.0 Å². The number of nitrogens with one attached hydrogen (secondary N) is 2. The maximum atomic E-state index is 11.7. The van der Waals surface area contributed by atoms with E-state index in [0.717, 1.165) is 17.8 Å². The third-order valence-corrected chi connectivity index (χ3v) is 3.42. The first-order valence-electron chi connectivity index (χ1n) is 5.59. The zero-order valence-corrected chi connectivity index (χ0v) is 11.3. The van der Waals surface area contributed by atoms with Crippen molar-refractivity contribution in [1.29, 1.82) is 0 Å². The summed E-state index contributed by atoms with van der Waals surface area (Å²) in [6.07, 6.45) is 0. The molecule has 0 radical (unpaired) electrons. The Morgan fingerprint density at radius 3 is 2.59 bits per heavy atom. The third-order valence-electron chi connectivity index (χ3n) is 2.16. The highest BCUT2D eigenvalue weighted by atomic mass is 32.2. The number of pyridine rings is 1. The number of anilines is 1. The van der Waals surface area contributed by atoms with Crippen molar-refractivity contribution >= 4 is 15.8 Å². The Kier molecular flexibility index (Phi) is 4.89. The zero-order chi connectivity index (χ0) is 12.9. The average molecular weight is 257 g/mol. The summed E-state index contributed by atoms with van der Waals surface area (Å²) in [5.41, 5.74) is 1.79. The van der Waals surface area contributed by atoms with E-state index in [9.17, 15) is 8.42 Å². The van der Waals surface area contributed by atoms with Crippen molar-refractivity contribution in [3.63, 3.8) is 0 Å². The van der Waals surface area contributed by atoms with Gasteiger partial charge < -0.3 is 5.32 Å². The van der Waals surface area contributed by atoms with Crippen molar-refractivity contribution in [2.75, 3.05) is 23.6 Å². The topological polar surface area (TPSA) is 71.1 Å². The Hall–Kier alpha value is -1.14. The van der Waals surface area contributed by atoms with Crippen LogP contribution in [0.15, 0.2) is 12.1 Å². The number of sulfonamides is 1. The van der Waals surface area contributed by atoms with Gasteiger partial charge >= 0.3 is 0 Å². The molecule has 0 aromatic carbocycles. The van der Waals surface area contributed by atoms with Gasteiger partial charge in [0.05, 0.1) is 5.75 Å². The number of hydrogen-bond donors (Lipinski definition) is 2. The Morgan fingerprint density at radius 1 is 1.29 bits per heavy atom. The van der Waals surface area contributed by atoms with Crippen LogP contribution in [0.25, 0.3) is 0 Å². The molecular weight excluding hydrogens is 238 g/mol. The number of hydrogen-bond acceptors (Lipinski definition) is 4. The molecule has 0 aliphatic carbocycles. The molecule has 1 rings (SSSR count). The Labute approximate surface area is 103 Å². The first-order valence-corrected chi connectivity index (χ1v) is 7.24. The van der Waals surface area contributed by atoms with E-state index in [1.165, 1.54) is 0 Å². The molecule has 2 N–H and O–H groups in total. The van der Waals surface area contributed by atoms with E-state index in [0.29, 0.717) is 12.4 Å². The molecule has 0 atom stereocenters. The van der Waals surface area contributed by atoms with E-state index in [2.05, 4.69) is 15.0 Å². The van der Waals surface area contributed by atoms with Gasteiger partial charge in [-0.2, -0.15) is 0 Å². The monoisotopic (exact) mass is 257 g/mol. The number of rotatable bonds is 6. The molecule has 0 amide bonds. The minimum atomic E-state index is -3.32. The second kappa shape index (κ2) is 5.97. The normalized spacial score (nSPS) is 11.5. The van der Waals surface area contributed by atoms with Crippen LogP contribution in [0, 0.1) is 13.8 Å². The molecule has 0 aliphatic rings. The lowest BCUT2D eigenvalue weighted by Gasteiger charge is -2.08. The lowest BCUT2D eigenvalue weighted by molar-refractivity contribution is 0.597. The first-order chi connectivity index (χ1) is 7.93. The Morgan fingerprint density at radius 2 is 2.00 bits per heavy atom. The highest BCUT2D eigenvalue weighted by Crippen LogP contribution is 2.10. The summed E-state index contributed by atoms with van der Waals surface area (Å²) in [7, 11) is -3.32. The highest BCUT2D eigenvalue weighted by molar-refractivity contribution is 7.92. The van der Waals surface area contributed by atoms with Gasteiger partial charge in [0.1, 0.15) is 5.82 Å². The molecule has 17 heavy (non-hydrogen) atoms. The molecule has 0 unspecified atom stereocenters. The fraction of sp³-hybridized carbons (Fsp3) is 0.545. The predicted molar refractivity (Wildman–Crippen MR) is 69.7 cm³/mol. The minimum absolute atomic E-state index is 0.0511. The summed E-state index contributed by atoms with van der Waals surface area (Å²) in [4.78, 5) is 4.14. The van der Waals surface area contributed by atoms with Gasteiger partial charge in [0.15, 0.2) is 0 Å². The van der Waals surface area contributed by atoms with Crippen molar-refractivity contribution < 1.29 is 8.42 Å². The lowest BCUT2D eigenvalue weighted by Crippen LogP contribution is -2.26. The van der Waals surface area contributed by atoms with Crippen molar-refractivity contribution in [2.45, 2.75) is 20.8 Å². The van der Waals surface area contributed by atoms with E-state index in [4.69, 9.17) is 0 Å². The summed E-state index contributed by atoms with van der Waals surface area (Å²) in [5, 5.41) is 2.97. The van der Waals surface area contributed by atoms with Gasteiger partial charge in [0, 0.05) is 12.2 Å². The largest absolute Gasteiger partial charge is 0.316 e. The minimum Gasteiger partial charge on any atom is -0.316 e. The smallest absolute Gasteiger partial charge is 0.235 e. The summed E-state index contributed by atoms with van der Waals surface area (Å²) in [6.45, 7) is 6.88. The molecule has 5 nitrogen and oxygen atoms in total. The molecule has 0 fully saturated rings. The second-order valence-electron chi connectivity index (χ2n) is 3.95. The maximum absolute atomic E-state index is 11.7. The molecule has 0 bridgehead atoms. The van der Waals surface area contributed by atoms with Crippen LogP contribution in [0.3, 0.4) is 0 Å². The second-order valence-corrected chi connectivity index (χ2v) is 5.79. The fourth-order valence-corrected chi connectivity index (χ4v) is 2.43. The van der Waals surface area contributed by atoms with Crippen molar-refractivity contribution in [1.82, 2.24) is 10.3 Å². The van der Waals surface area contributed by atoms with E-state index < -0.39 is 10.0 Å². The van der Waals surface area contributed by atoms with Gasteiger partial charge in [-0.15, -0.1) is 0 Å². The third kappa shape index (κ3) is 5.14. The van der Waals surface area contributed by atoms with Crippen LogP contribution in [-0.4, -0.2) is 32.2 Å². The Balaban J connectivity index is 2.69. The fourth-order valence-electron chi connectivity index (χ4n) is 1.49. The van der Waals surface area contributed by atoms with Gasteiger partial charge in [-0.3, -0.25) is 4.72 Å². The van der Waals surface area contributed by atoms with E-state index >= 15 is 0 Å². The van der Waals surface area contributed by atoms with Gasteiger partial charge in [-0.1, -0.05) is 6.92 Å². The SMILES string of the molecule is CCNCCS(=O)(=O)Nc1cc(C)cc(C)n1. The lowest BCUT2D eigenvalue weighted by atomic mass is 10.2. The maximum Gasteiger partial charge on any atom is 0.235 e. The van der Waals surface area contributed by atoms with E-state index in [-0.39, 0.29) is 5.75 Å². The van der Waals surface area contributed by atoms with Crippen LogP contribution in [0.2, 0.25) is 0 Å². The standard InChI is InChI=1S/C11H19N3O2S/c1-4-12-5-6-17(15,16)14-11-8-9(2)7-10(3)13-11/h7-8,12H,4-6H2,1-3H3,(H,13,14). The predicted octanol–water partition coefficient (Wildman–Crippen LogP) is 1.05. The van der Waals surface area contributed by atoms with Gasteiger partial charge in [0.25, 0.3) is 0 Å². The van der Waals surface area contributed by atoms with Gasteiger partial charge in [0.2, 0.25) is 10.0 Å². The number of aryl methyl sites for hydroxylation is 2. The van der Waals surface area contributed by atoms with Gasteiger partial charge in [-0.25, -0.2) is 13.4 Å². The number of nitrogens with zero attached hydrogens (tertiary/aromatic N) is 1. The molecule has 1 heterocycles.